The molecule has 0 aromatic carbocycles. The van der Waals surface area contributed by atoms with Crippen molar-refractivity contribution in [2.24, 2.45) is 0 Å². The number of aryl methyl sites for hydroxylation is 1. The molecule has 0 aliphatic carbocycles. The molecule has 0 radical (unpaired) electrons. The van der Waals surface area contributed by atoms with Crippen molar-refractivity contribution < 1.29 is 0 Å². The van der Waals surface area contributed by atoms with Crippen molar-refractivity contribution in [3.05, 3.63) is 11.9 Å². The Kier molecular flexibility index (Phi) is 5.41. The quantitative estimate of drug-likeness (QED) is 0.648. The monoisotopic (exact) mass is 313 g/mol. The van der Waals surface area contributed by atoms with Gasteiger partial charge in [-0.15, -0.1) is 10.2 Å². The van der Waals surface area contributed by atoms with Gasteiger partial charge in [0, 0.05) is 12.6 Å². The molecule has 0 atom stereocenters. The van der Waals surface area contributed by atoms with E-state index in [1.165, 1.54) is 11.8 Å². The van der Waals surface area contributed by atoms with E-state index in [-0.39, 0.29) is 0 Å². The molecule has 2 rings (SSSR count). The van der Waals surface area contributed by atoms with E-state index in [1.807, 2.05) is 19.2 Å². The molecule has 8 heteroatoms. The van der Waals surface area contributed by atoms with Crippen molar-refractivity contribution in [2.45, 2.75) is 34.0 Å². The Labute approximate surface area is 125 Å². The topological polar surface area (TPSA) is 63.6 Å². The molecule has 0 unspecified atom stereocenters. The van der Waals surface area contributed by atoms with E-state index in [0.717, 1.165) is 38.3 Å². The predicted octanol–water partition coefficient (Wildman–Crippen LogP) is 3.33. The second-order valence-electron chi connectivity index (χ2n) is 3.71. The number of hydrogen-bond acceptors (Lipinski definition) is 8. The van der Waals surface area contributed by atoms with Gasteiger partial charge in [0.05, 0.1) is 0 Å². The van der Waals surface area contributed by atoms with Crippen LogP contribution in [0.3, 0.4) is 0 Å². The average Bonchev–Trinajstić information content (AvgIpc) is 2.83. The smallest absolute Gasteiger partial charge is 0.181 e. The summed E-state index contributed by atoms with van der Waals surface area (Å²) in [5.41, 5.74) is 0. The Hall–Kier alpha value is -0.860. The van der Waals surface area contributed by atoms with Crippen LogP contribution < -0.4 is 5.32 Å². The summed E-state index contributed by atoms with van der Waals surface area (Å²) in [5, 5.41) is 12.4. The van der Waals surface area contributed by atoms with Crippen molar-refractivity contribution in [1.29, 1.82) is 0 Å². The summed E-state index contributed by atoms with van der Waals surface area (Å²) in [4.78, 5) is 8.78. The van der Waals surface area contributed by atoms with Crippen LogP contribution in [-0.4, -0.2) is 33.0 Å². The molecule has 0 aliphatic heterocycles. The minimum absolute atomic E-state index is 0.762. The standard InChI is InChI=1S/C11H15N5S3/c1-4-5-12-8-6-9(14-7(2)13-8)18-11-16-15-10(17-3)19-11/h6H,4-5H2,1-3H3,(H,12,13,14). The highest BCUT2D eigenvalue weighted by molar-refractivity contribution is 8.02. The summed E-state index contributed by atoms with van der Waals surface area (Å²) in [6.07, 6.45) is 3.07. The Morgan fingerprint density at radius 3 is 2.74 bits per heavy atom. The Balaban J connectivity index is 2.12. The van der Waals surface area contributed by atoms with E-state index in [4.69, 9.17) is 0 Å². The number of nitrogens with one attached hydrogen (secondary N) is 1. The minimum atomic E-state index is 0.762. The van der Waals surface area contributed by atoms with Gasteiger partial charge in [0.15, 0.2) is 8.68 Å². The van der Waals surface area contributed by atoms with Gasteiger partial charge in [-0.25, -0.2) is 9.97 Å². The first kappa shape index (κ1) is 14.5. The molecule has 2 heterocycles. The zero-order chi connectivity index (χ0) is 13.7. The molecule has 1 N–H and O–H groups in total. The van der Waals surface area contributed by atoms with Gasteiger partial charge in [0.1, 0.15) is 16.7 Å². The van der Waals surface area contributed by atoms with Crippen LogP contribution in [0.2, 0.25) is 0 Å². The highest BCUT2D eigenvalue weighted by Gasteiger charge is 2.08. The second-order valence-corrected chi connectivity index (χ2v) is 7.00. The molecule has 2 aromatic heterocycles. The summed E-state index contributed by atoms with van der Waals surface area (Å²) in [6.45, 7) is 4.94. The van der Waals surface area contributed by atoms with Gasteiger partial charge in [-0.05, 0) is 31.4 Å². The molecule has 0 aliphatic rings. The zero-order valence-corrected chi connectivity index (χ0v) is 13.5. The fraction of sp³-hybridized carbons (Fsp3) is 0.455. The van der Waals surface area contributed by atoms with Crippen LogP contribution in [-0.2, 0) is 0 Å². The van der Waals surface area contributed by atoms with E-state index in [2.05, 4.69) is 32.4 Å². The molecule has 0 saturated carbocycles. The van der Waals surface area contributed by atoms with Gasteiger partial charge in [-0.1, -0.05) is 30.0 Å². The fourth-order valence-electron chi connectivity index (χ4n) is 1.35. The van der Waals surface area contributed by atoms with Crippen LogP contribution in [0.4, 0.5) is 5.82 Å². The molecule has 102 valence electrons. The van der Waals surface area contributed by atoms with Crippen LogP contribution >= 0.6 is 34.9 Å². The molecule has 0 fully saturated rings. The maximum Gasteiger partial charge on any atom is 0.181 e. The van der Waals surface area contributed by atoms with E-state index in [9.17, 15) is 0 Å². The third-order valence-corrected chi connectivity index (χ3v) is 4.99. The van der Waals surface area contributed by atoms with Crippen LogP contribution in [0.1, 0.15) is 19.2 Å². The summed E-state index contributed by atoms with van der Waals surface area (Å²) in [6, 6.07) is 1.95. The SMILES string of the molecule is CCCNc1cc(Sc2nnc(SC)s2)nc(C)n1. The molecule has 0 amide bonds. The third kappa shape index (κ3) is 4.32. The lowest BCUT2D eigenvalue weighted by Crippen LogP contribution is -2.04. The molecule has 0 saturated heterocycles. The second kappa shape index (κ2) is 7.06. The van der Waals surface area contributed by atoms with Crippen molar-refractivity contribution in [3.8, 4) is 0 Å². The van der Waals surface area contributed by atoms with Crippen molar-refractivity contribution >= 4 is 40.7 Å². The molecule has 19 heavy (non-hydrogen) atoms. The highest BCUT2D eigenvalue weighted by atomic mass is 32.2. The summed E-state index contributed by atoms with van der Waals surface area (Å²) < 4.78 is 1.88. The fourth-order valence-corrected chi connectivity index (χ4v) is 3.78. The lowest BCUT2D eigenvalue weighted by Gasteiger charge is -2.06. The molecule has 5 nitrogen and oxygen atoms in total. The van der Waals surface area contributed by atoms with E-state index >= 15 is 0 Å². The first-order valence-corrected chi connectivity index (χ1v) is 8.72. The number of aromatic nitrogens is 4. The van der Waals surface area contributed by atoms with Crippen molar-refractivity contribution in [2.75, 3.05) is 18.1 Å². The predicted molar refractivity (Wildman–Crippen MR) is 81.4 cm³/mol. The maximum atomic E-state index is 4.42. The molecular formula is C11H15N5S3. The summed E-state index contributed by atoms with van der Waals surface area (Å²) >= 11 is 4.71. The lowest BCUT2D eigenvalue weighted by molar-refractivity contribution is 0.923. The van der Waals surface area contributed by atoms with Crippen molar-refractivity contribution in [3.63, 3.8) is 0 Å². The van der Waals surface area contributed by atoms with E-state index in [0.29, 0.717) is 0 Å². The van der Waals surface area contributed by atoms with E-state index in [1.54, 1.807) is 23.1 Å². The van der Waals surface area contributed by atoms with Gasteiger partial charge >= 0.3 is 0 Å². The average molecular weight is 313 g/mol. The maximum absolute atomic E-state index is 4.42. The lowest BCUT2D eigenvalue weighted by atomic mass is 10.4. The molecule has 0 bridgehead atoms. The Morgan fingerprint density at radius 2 is 2.05 bits per heavy atom. The van der Waals surface area contributed by atoms with Gasteiger partial charge in [0.25, 0.3) is 0 Å². The largest absolute Gasteiger partial charge is 0.370 e. The van der Waals surface area contributed by atoms with Gasteiger partial charge in [0.2, 0.25) is 0 Å². The first-order chi connectivity index (χ1) is 9.21. The molecule has 0 spiro atoms. The third-order valence-electron chi connectivity index (χ3n) is 2.12. The number of rotatable bonds is 6. The van der Waals surface area contributed by atoms with Crippen LogP contribution in [0.25, 0.3) is 0 Å². The highest BCUT2D eigenvalue weighted by Crippen LogP contribution is 2.32. The van der Waals surface area contributed by atoms with Gasteiger partial charge in [-0.2, -0.15) is 0 Å². The van der Waals surface area contributed by atoms with Crippen LogP contribution in [0.15, 0.2) is 19.8 Å². The summed E-state index contributed by atoms with van der Waals surface area (Å²) in [7, 11) is 0. The molecular weight excluding hydrogens is 298 g/mol. The van der Waals surface area contributed by atoms with Gasteiger partial charge < -0.3 is 5.32 Å². The summed E-state index contributed by atoms with van der Waals surface area (Å²) in [5.74, 6) is 1.63. The zero-order valence-electron chi connectivity index (χ0n) is 11.0. The number of hydrogen-bond donors (Lipinski definition) is 1. The minimum Gasteiger partial charge on any atom is -0.370 e. The van der Waals surface area contributed by atoms with Crippen LogP contribution in [0, 0.1) is 6.92 Å². The van der Waals surface area contributed by atoms with Gasteiger partial charge in [-0.3, -0.25) is 0 Å². The Bertz CT molecular complexity index is 543. The number of anilines is 1. The normalized spacial score (nSPS) is 10.7. The van der Waals surface area contributed by atoms with Crippen molar-refractivity contribution in [1.82, 2.24) is 20.2 Å². The first-order valence-electron chi connectivity index (χ1n) is 5.86. The molecule has 2 aromatic rings. The number of thioether (sulfide) groups is 1. The Morgan fingerprint density at radius 1 is 1.26 bits per heavy atom. The number of nitrogens with zero attached hydrogens (tertiary/aromatic N) is 4. The van der Waals surface area contributed by atoms with Crippen LogP contribution in [0.5, 0.6) is 0 Å². The van der Waals surface area contributed by atoms with E-state index < -0.39 is 0 Å².